The highest BCUT2D eigenvalue weighted by molar-refractivity contribution is 9.10. The van der Waals surface area contributed by atoms with Crippen molar-refractivity contribution in [3.05, 3.63) is 21.9 Å². The molecular weight excluding hydrogens is 324 g/mol. The minimum absolute atomic E-state index is 0.0459. The first kappa shape index (κ1) is 15.0. The number of Topliss-reactive ketones (excluding diaryl/α,β-unsaturated/α-hetero) is 1. The zero-order valence-electron chi connectivity index (χ0n) is 12.0. The molecule has 0 saturated carbocycles. The molecule has 0 radical (unpaired) electrons. The van der Waals surface area contributed by atoms with Crippen LogP contribution in [-0.4, -0.2) is 29.0 Å². The molecule has 108 valence electrons. The van der Waals surface area contributed by atoms with E-state index in [0.717, 1.165) is 10.0 Å². The highest BCUT2D eigenvalue weighted by atomic mass is 79.9. The zero-order valence-corrected chi connectivity index (χ0v) is 13.6. The molecule has 1 amide bonds. The predicted octanol–water partition coefficient (Wildman–Crippen LogP) is 3.48. The molecule has 0 bridgehead atoms. The van der Waals surface area contributed by atoms with Gasteiger partial charge >= 0.3 is 6.09 Å². The minimum atomic E-state index is -0.577. The van der Waals surface area contributed by atoms with Gasteiger partial charge in [-0.15, -0.1) is 0 Å². The summed E-state index contributed by atoms with van der Waals surface area (Å²) in [7, 11) is 0. The molecule has 0 fully saturated rings. The van der Waals surface area contributed by atoms with Crippen LogP contribution in [0.3, 0.4) is 0 Å². The number of nitrogens with zero attached hydrogens (tertiary/aromatic N) is 2. The number of aromatic nitrogens is 1. The third-order valence-electron chi connectivity index (χ3n) is 2.96. The lowest BCUT2D eigenvalue weighted by atomic mass is 10.0. The maximum absolute atomic E-state index is 12.3. The third-order valence-corrected chi connectivity index (χ3v) is 3.75. The van der Waals surface area contributed by atoms with Crippen molar-refractivity contribution in [3.8, 4) is 0 Å². The number of carbonyl (C=O) groups excluding carboxylic acids is 2. The van der Waals surface area contributed by atoms with Crippen LogP contribution in [0.5, 0.6) is 0 Å². The van der Waals surface area contributed by atoms with Crippen molar-refractivity contribution in [1.29, 1.82) is 0 Å². The van der Waals surface area contributed by atoms with Gasteiger partial charge in [0.15, 0.2) is 5.78 Å². The van der Waals surface area contributed by atoms with Gasteiger partial charge in [-0.25, -0.2) is 9.78 Å². The number of rotatable bonds is 0. The zero-order chi connectivity index (χ0) is 15.1. The van der Waals surface area contributed by atoms with Crippen molar-refractivity contribution in [2.45, 2.75) is 39.7 Å². The van der Waals surface area contributed by atoms with Gasteiger partial charge < -0.3 is 4.74 Å². The van der Waals surface area contributed by atoms with Crippen molar-refractivity contribution in [1.82, 2.24) is 4.98 Å². The Balaban J connectivity index is 2.45. The Kier molecular flexibility index (Phi) is 3.86. The van der Waals surface area contributed by atoms with E-state index in [-0.39, 0.29) is 12.2 Å². The predicted molar refractivity (Wildman–Crippen MR) is 79.2 cm³/mol. The highest BCUT2D eigenvalue weighted by Crippen LogP contribution is 2.34. The summed E-state index contributed by atoms with van der Waals surface area (Å²) >= 11 is 3.38. The molecule has 1 aliphatic heterocycles. The van der Waals surface area contributed by atoms with Gasteiger partial charge in [0, 0.05) is 23.6 Å². The summed E-state index contributed by atoms with van der Waals surface area (Å²) in [4.78, 5) is 29.9. The lowest BCUT2D eigenvalue weighted by Crippen LogP contribution is -2.41. The number of carbonyl (C=O) groups is 2. The van der Waals surface area contributed by atoms with Crippen LogP contribution in [0.25, 0.3) is 0 Å². The number of pyridine rings is 1. The number of ether oxygens (including phenoxy) is 1. The van der Waals surface area contributed by atoms with E-state index in [2.05, 4.69) is 20.9 Å². The van der Waals surface area contributed by atoms with Crippen LogP contribution >= 0.6 is 15.9 Å². The van der Waals surface area contributed by atoms with Crippen LogP contribution in [-0.2, 0) is 4.74 Å². The Bertz CT molecular complexity index is 579. The van der Waals surface area contributed by atoms with Crippen LogP contribution < -0.4 is 4.90 Å². The van der Waals surface area contributed by atoms with Crippen molar-refractivity contribution < 1.29 is 14.3 Å². The molecular formula is C14H17BrN2O3. The smallest absolute Gasteiger partial charge is 0.414 e. The van der Waals surface area contributed by atoms with Gasteiger partial charge in [-0.05, 0) is 49.2 Å². The quantitative estimate of drug-likeness (QED) is 0.725. The maximum atomic E-state index is 12.3. The lowest BCUT2D eigenvalue weighted by molar-refractivity contribution is 0.0577. The van der Waals surface area contributed by atoms with Gasteiger partial charge in [-0.3, -0.25) is 9.69 Å². The Labute approximate surface area is 126 Å². The van der Waals surface area contributed by atoms with E-state index in [4.69, 9.17) is 4.74 Å². The van der Waals surface area contributed by atoms with Gasteiger partial charge in [0.2, 0.25) is 0 Å². The standard InChI is InChI=1S/C14H17BrN2O3/c1-8-9(15)7-16-11-10(18)5-6-17(12(8)11)13(19)20-14(2,3)4/h7H,5-6H2,1-4H3. The topological polar surface area (TPSA) is 59.5 Å². The molecule has 5 nitrogen and oxygen atoms in total. The highest BCUT2D eigenvalue weighted by Gasteiger charge is 2.33. The molecule has 0 atom stereocenters. The van der Waals surface area contributed by atoms with Gasteiger partial charge in [-0.2, -0.15) is 0 Å². The van der Waals surface area contributed by atoms with Gasteiger partial charge in [0.25, 0.3) is 0 Å². The summed E-state index contributed by atoms with van der Waals surface area (Å²) in [5, 5.41) is 0. The normalized spacial score (nSPS) is 15.1. The summed E-state index contributed by atoms with van der Waals surface area (Å²) in [5.41, 5.74) is 1.12. The van der Waals surface area contributed by atoms with E-state index in [1.165, 1.54) is 4.90 Å². The molecule has 20 heavy (non-hydrogen) atoms. The molecule has 0 aliphatic carbocycles. The molecule has 0 spiro atoms. The first-order chi connectivity index (χ1) is 9.20. The van der Waals surface area contributed by atoms with E-state index in [1.807, 2.05) is 27.7 Å². The van der Waals surface area contributed by atoms with Crippen LogP contribution in [0.2, 0.25) is 0 Å². The molecule has 0 unspecified atom stereocenters. The van der Waals surface area contributed by atoms with Crippen molar-refractivity contribution >= 4 is 33.5 Å². The van der Waals surface area contributed by atoms with E-state index >= 15 is 0 Å². The summed E-state index contributed by atoms with van der Waals surface area (Å²) in [5.74, 6) is -0.0459. The van der Waals surface area contributed by atoms with E-state index < -0.39 is 11.7 Å². The fourth-order valence-corrected chi connectivity index (χ4v) is 2.34. The third kappa shape index (κ3) is 2.85. The fourth-order valence-electron chi connectivity index (χ4n) is 2.05. The average Bonchev–Trinajstić information content (AvgIpc) is 2.32. The van der Waals surface area contributed by atoms with Gasteiger partial charge in [0.05, 0.1) is 5.69 Å². The molecule has 2 heterocycles. The summed E-state index contributed by atoms with van der Waals surface area (Å²) < 4.78 is 6.16. The number of ketones is 1. The Hall–Kier alpha value is -1.43. The summed E-state index contributed by atoms with van der Waals surface area (Å²) in [6.45, 7) is 7.60. The number of hydrogen-bond acceptors (Lipinski definition) is 4. The molecule has 1 aromatic rings. The van der Waals surface area contributed by atoms with Gasteiger partial charge in [-0.1, -0.05) is 0 Å². The Morgan fingerprint density at radius 3 is 2.70 bits per heavy atom. The first-order valence-corrected chi connectivity index (χ1v) is 7.19. The number of hydrogen-bond donors (Lipinski definition) is 0. The van der Waals surface area contributed by atoms with Crippen LogP contribution in [0, 0.1) is 6.92 Å². The summed E-state index contributed by atoms with van der Waals surface area (Å²) in [6.07, 6.45) is 1.40. The monoisotopic (exact) mass is 340 g/mol. The number of amides is 1. The number of halogens is 1. The second-order valence-electron chi connectivity index (χ2n) is 5.73. The van der Waals surface area contributed by atoms with E-state index in [1.54, 1.807) is 6.20 Å². The molecule has 6 heteroatoms. The van der Waals surface area contributed by atoms with Crippen molar-refractivity contribution in [3.63, 3.8) is 0 Å². The molecule has 0 N–H and O–H groups in total. The Morgan fingerprint density at radius 1 is 1.45 bits per heavy atom. The Morgan fingerprint density at radius 2 is 2.10 bits per heavy atom. The number of anilines is 1. The van der Waals surface area contributed by atoms with Crippen molar-refractivity contribution in [2.75, 3.05) is 11.4 Å². The summed E-state index contributed by atoms with van der Waals surface area (Å²) in [6, 6.07) is 0. The van der Waals surface area contributed by atoms with Crippen LogP contribution in [0.15, 0.2) is 10.7 Å². The molecule has 0 aromatic carbocycles. The van der Waals surface area contributed by atoms with Crippen LogP contribution in [0.4, 0.5) is 10.5 Å². The van der Waals surface area contributed by atoms with E-state index in [9.17, 15) is 9.59 Å². The SMILES string of the molecule is Cc1c(Br)cnc2c1N(C(=O)OC(C)(C)C)CCC2=O. The van der Waals surface area contributed by atoms with Crippen molar-refractivity contribution in [2.24, 2.45) is 0 Å². The maximum Gasteiger partial charge on any atom is 0.414 e. The fraction of sp³-hybridized carbons (Fsp3) is 0.500. The second kappa shape index (κ2) is 5.16. The van der Waals surface area contributed by atoms with E-state index in [0.29, 0.717) is 17.9 Å². The second-order valence-corrected chi connectivity index (χ2v) is 6.59. The average molecular weight is 341 g/mol. The largest absolute Gasteiger partial charge is 0.443 e. The molecule has 1 aliphatic rings. The van der Waals surface area contributed by atoms with Gasteiger partial charge in [0.1, 0.15) is 11.3 Å². The minimum Gasteiger partial charge on any atom is -0.443 e. The molecule has 1 aromatic heterocycles. The first-order valence-electron chi connectivity index (χ1n) is 6.39. The lowest BCUT2D eigenvalue weighted by Gasteiger charge is -2.31. The molecule has 2 rings (SSSR count). The molecule has 0 saturated heterocycles. The van der Waals surface area contributed by atoms with Crippen LogP contribution in [0.1, 0.15) is 43.2 Å². The number of fused-ring (bicyclic) bond motifs is 1.